The number of nitrogens with zero attached hydrogens (tertiary/aromatic N) is 1. The van der Waals surface area contributed by atoms with Crippen LogP contribution in [-0.4, -0.2) is 30.6 Å². The third kappa shape index (κ3) is 4.81. The third-order valence-corrected chi connectivity index (χ3v) is 2.47. The number of hydrogen-bond donors (Lipinski definition) is 1. The van der Waals surface area contributed by atoms with Gasteiger partial charge >= 0.3 is 0 Å². The average Bonchev–Trinajstić information content (AvgIpc) is 2.37. The first-order valence-corrected chi connectivity index (χ1v) is 6.17. The summed E-state index contributed by atoms with van der Waals surface area (Å²) in [6.45, 7) is 8.36. The van der Waals surface area contributed by atoms with Crippen molar-refractivity contribution < 1.29 is 14.5 Å². The lowest BCUT2D eigenvalue weighted by Gasteiger charge is -2.07. The Morgan fingerprint density at radius 2 is 2.20 bits per heavy atom. The summed E-state index contributed by atoms with van der Waals surface area (Å²) in [6.07, 6.45) is 0. The second-order valence-corrected chi connectivity index (χ2v) is 4.54. The van der Waals surface area contributed by atoms with Gasteiger partial charge in [0.25, 0.3) is 11.6 Å². The van der Waals surface area contributed by atoms with Crippen molar-refractivity contribution in [1.29, 1.82) is 0 Å². The Balaban J connectivity index is 2.61. The molecule has 6 heteroatoms. The SMILES string of the molecule is C=C(C)COCCNC(=O)c1cc(C)ccc1[N+](=O)[O-]. The first kappa shape index (κ1) is 15.8. The molecule has 1 aromatic carbocycles. The van der Waals surface area contributed by atoms with E-state index in [4.69, 9.17) is 4.74 Å². The lowest BCUT2D eigenvalue weighted by molar-refractivity contribution is -0.385. The van der Waals surface area contributed by atoms with Crippen LogP contribution in [0, 0.1) is 17.0 Å². The maximum absolute atomic E-state index is 11.9. The molecule has 0 fully saturated rings. The van der Waals surface area contributed by atoms with E-state index in [2.05, 4.69) is 11.9 Å². The summed E-state index contributed by atoms with van der Waals surface area (Å²) in [4.78, 5) is 22.2. The Labute approximate surface area is 117 Å². The number of benzene rings is 1. The molecule has 0 aliphatic carbocycles. The molecule has 0 bridgehead atoms. The first-order chi connectivity index (χ1) is 9.41. The van der Waals surface area contributed by atoms with Crippen molar-refractivity contribution in [1.82, 2.24) is 5.32 Å². The zero-order chi connectivity index (χ0) is 15.1. The standard InChI is InChI=1S/C14H18N2O4/c1-10(2)9-20-7-6-15-14(17)12-8-11(3)4-5-13(12)16(18)19/h4-5,8H,1,6-7,9H2,2-3H3,(H,15,17). The summed E-state index contributed by atoms with van der Waals surface area (Å²) in [5, 5.41) is 13.5. The molecule has 0 aliphatic heterocycles. The quantitative estimate of drug-likeness (QED) is 0.359. The minimum absolute atomic E-state index is 0.0647. The number of nitrogens with one attached hydrogen (secondary N) is 1. The van der Waals surface area contributed by atoms with E-state index >= 15 is 0 Å². The van der Waals surface area contributed by atoms with Gasteiger partial charge in [0.1, 0.15) is 5.56 Å². The van der Waals surface area contributed by atoms with Gasteiger partial charge in [-0.1, -0.05) is 18.2 Å². The molecule has 0 aliphatic rings. The van der Waals surface area contributed by atoms with E-state index in [0.29, 0.717) is 13.2 Å². The first-order valence-electron chi connectivity index (χ1n) is 6.17. The highest BCUT2D eigenvalue weighted by atomic mass is 16.6. The predicted molar refractivity (Wildman–Crippen MR) is 75.8 cm³/mol. The molecule has 0 unspecified atom stereocenters. The van der Waals surface area contributed by atoms with Crippen molar-refractivity contribution in [2.75, 3.05) is 19.8 Å². The summed E-state index contributed by atoms with van der Waals surface area (Å²) in [7, 11) is 0. The van der Waals surface area contributed by atoms with Gasteiger partial charge in [0.15, 0.2) is 0 Å². The Bertz CT molecular complexity index is 526. The topological polar surface area (TPSA) is 81.5 Å². The van der Waals surface area contributed by atoms with Gasteiger partial charge in [-0.3, -0.25) is 14.9 Å². The van der Waals surface area contributed by atoms with Gasteiger partial charge in [-0.2, -0.15) is 0 Å². The summed E-state index contributed by atoms with van der Waals surface area (Å²) in [5.41, 5.74) is 1.55. The van der Waals surface area contributed by atoms with E-state index in [9.17, 15) is 14.9 Å². The highest BCUT2D eigenvalue weighted by Gasteiger charge is 2.19. The second-order valence-electron chi connectivity index (χ2n) is 4.54. The Kier molecular flexibility index (Phi) is 5.86. The molecule has 1 aromatic rings. The van der Waals surface area contributed by atoms with Crippen LogP contribution in [0.15, 0.2) is 30.4 Å². The third-order valence-electron chi connectivity index (χ3n) is 2.47. The lowest BCUT2D eigenvalue weighted by atomic mass is 10.1. The molecule has 6 nitrogen and oxygen atoms in total. The van der Waals surface area contributed by atoms with Crippen LogP contribution < -0.4 is 5.32 Å². The van der Waals surface area contributed by atoms with E-state index in [0.717, 1.165) is 11.1 Å². The molecular weight excluding hydrogens is 260 g/mol. The second kappa shape index (κ2) is 7.40. The number of carbonyl (C=O) groups is 1. The summed E-state index contributed by atoms with van der Waals surface area (Å²) < 4.78 is 5.23. The minimum atomic E-state index is -0.564. The fraction of sp³-hybridized carbons (Fsp3) is 0.357. The molecular formula is C14H18N2O4. The molecule has 0 heterocycles. The molecule has 1 N–H and O–H groups in total. The number of ether oxygens (including phenoxy) is 1. The van der Waals surface area contributed by atoms with Crippen molar-refractivity contribution in [3.05, 3.63) is 51.6 Å². The zero-order valence-corrected chi connectivity index (χ0v) is 11.6. The van der Waals surface area contributed by atoms with Crippen LogP contribution in [-0.2, 0) is 4.74 Å². The Morgan fingerprint density at radius 1 is 1.50 bits per heavy atom. The Hall–Kier alpha value is -2.21. The fourth-order valence-corrected chi connectivity index (χ4v) is 1.57. The van der Waals surface area contributed by atoms with E-state index in [1.54, 1.807) is 13.0 Å². The van der Waals surface area contributed by atoms with Gasteiger partial charge in [-0.05, 0) is 25.5 Å². The van der Waals surface area contributed by atoms with Crippen molar-refractivity contribution in [2.45, 2.75) is 13.8 Å². The van der Waals surface area contributed by atoms with Gasteiger partial charge in [-0.25, -0.2) is 0 Å². The molecule has 20 heavy (non-hydrogen) atoms. The molecule has 0 saturated heterocycles. The minimum Gasteiger partial charge on any atom is -0.375 e. The van der Waals surface area contributed by atoms with Crippen molar-refractivity contribution in [3.8, 4) is 0 Å². The van der Waals surface area contributed by atoms with Crippen molar-refractivity contribution >= 4 is 11.6 Å². The van der Waals surface area contributed by atoms with Crippen LogP contribution in [0.2, 0.25) is 0 Å². The number of carbonyl (C=O) groups excluding carboxylic acids is 1. The highest BCUT2D eigenvalue weighted by molar-refractivity contribution is 5.98. The number of amides is 1. The smallest absolute Gasteiger partial charge is 0.282 e. The number of nitro groups is 1. The molecule has 108 valence electrons. The summed E-state index contributed by atoms with van der Waals surface area (Å²) in [5.74, 6) is -0.473. The maximum Gasteiger partial charge on any atom is 0.282 e. The van der Waals surface area contributed by atoms with Crippen molar-refractivity contribution in [2.24, 2.45) is 0 Å². The van der Waals surface area contributed by atoms with Crippen LogP contribution in [0.5, 0.6) is 0 Å². The highest BCUT2D eigenvalue weighted by Crippen LogP contribution is 2.19. The largest absolute Gasteiger partial charge is 0.375 e. The molecule has 1 rings (SSSR count). The van der Waals surface area contributed by atoms with Gasteiger partial charge in [0.05, 0.1) is 18.1 Å². The number of nitro benzene ring substituents is 1. The van der Waals surface area contributed by atoms with E-state index < -0.39 is 10.8 Å². The van der Waals surface area contributed by atoms with E-state index in [1.165, 1.54) is 12.1 Å². The predicted octanol–water partition coefficient (Wildman–Crippen LogP) is 2.23. The van der Waals surface area contributed by atoms with Crippen LogP contribution in [0.3, 0.4) is 0 Å². The summed E-state index contributed by atoms with van der Waals surface area (Å²) >= 11 is 0. The molecule has 0 saturated carbocycles. The normalized spacial score (nSPS) is 10.1. The maximum atomic E-state index is 11.9. The van der Waals surface area contributed by atoms with Gasteiger partial charge in [0, 0.05) is 12.6 Å². The lowest BCUT2D eigenvalue weighted by Crippen LogP contribution is -2.28. The molecule has 0 radical (unpaired) electrons. The Morgan fingerprint density at radius 3 is 2.80 bits per heavy atom. The summed E-state index contributed by atoms with van der Waals surface area (Å²) in [6, 6.07) is 4.44. The number of aryl methyl sites for hydroxylation is 1. The van der Waals surface area contributed by atoms with Crippen LogP contribution in [0.25, 0.3) is 0 Å². The van der Waals surface area contributed by atoms with Crippen molar-refractivity contribution in [3.63, 3.8) is 0 Å². The van der Waals surface area contributed by atoms with Crippen LogP contribution in [0.1, 0.15) is 22.8 Å². The molecule has 0 spiro atoms. The molecule has 0 atom stereocenters. The van der Waals surface area contributed by atoms with Gasteiger partial charge in [-0.15, -0.1) is 0 Å². The molecule has 1 amide bonds. The fourth-order valence-electron chi connectivity index (χ4n) is 1.57. The zero-order valence-electron chi connectivity index (χ0n) is 11.6. The van der Waals surface area contributed by atoms with Gasteiger partial charge in [0.2, 0.25) is 0 Å². The van der Waals surface area contributed by atoms with Gasteiger partial charge < -0.3 is 10.1 Å². The van der Waals surface area contributed by atoms with E-state index in [-0.39, 0.29) is 17.8 Å². The van der Waals surface area contributed by atoms with Crippen LogP contribution in [0.4, 0.5) is 5.69 Å². The number of hydrogen-bond acceptors (Lipinski definition) is 4. The monoisotopic (exact) mass is 278 g/mol. The van der Waals surface area contributed by atoms with Crippen LogP contribution >= 0.6 is 0 Å². The number of rotatable bonds is 7. The molecule has 0 aromatic heterocycles. The average molecular weight is 278 g/mol. The van der Waals surface area contributed by atoms with E-state index in [1.807, 2.05) is 6.92 Å².